The Bertz CT molecular complexity index is 453. The van der Waals surface area contributed by atoms with E-state index in [2.05, 4.69) is 5.32 Å². The lowest BCUT2D eigenvalue weighted by molar-refractivity contribution is 0.0766. The minimum Gasteiger partial charge on any atom is -0.490 e. The lowest BCUT2D eigenvalue weighted by Gasteiger charge is -2.33. The van der Waals surface area contributed by atoms with Crippen LogP contribution < -0.4 is 10.1 Å². The second-order valence-electron chi connectivity index (χ2n) is 5.51. The number of benzene rings is 1. The molecule has 0 radical (unpaired) electrons. The first kappa shape index (κ1) is 15.0. The van der Waals surface area contributed by atoms with Gasteiger partial charge in [0.05, 0.1) is 12.2 Å². The SMILES string of the molecule is COCCOc1ccccc1C(=O)C1(C)CCCNC1. The van der Waals surface area contributed by atoms with E-state index in [1.165, 1.54) is 0 Å². The Hall–Kier alpha value is -1.39. The number of nitrogens with one attached hydrogen (secondary N) is 1. The zero-order valence-corrected chi connectivity index (χ0v) is 12.3. The Labute approximate surface area is 120 Å². The van der Waals surface area contributed by atoms with Crippen LogP contribution in [0.4, 0.5) is 0 Å². The van der Waals surface area contributed by atoms with Gasteiger partial charge in [0.25, 0.3) is 0 Å². The van der Waals surface area contributed by atoms with Crippen LogP contribution in [0.25, 0.3) is 0 Å². The number of carbonyl (C=O) groups excluding carboxylic acids is 1. The largest absolute Gasteiger partial charge is 0.490 e. The smallest absolute Gasteiger partial charge is 0.173 e. The van der Waals surface area contributed by atoms with Crippen molar-refractivity contribution in [2.75, 3.05) is 33.4 Å². The van der Waals surface area contributed by atoms with E-state index < -0.39 is 0 Å². The lowest BCUT2D eigenvalue weighted by atomic mass is 9.76. The second kappa shape index (κ2) is 6.86. The zero-order valence-electron chi connectivity index (χ0n) is 12.3. The summed E-state index contributed by atoms with van der Waals surface area (Å²) in [7, 11) is 1.63. The highest BCUT2D eigenvalue weighted by atomic mass is 16.5. The van der Waals surface area contributed by atoms with Crippen molar-refractivity contribution in [3.05, 3.63) is 29.8 Å². The molecule has 4 heteroatoms. The van der Waals surface area contributed by atoms with Crippen LogP contribution in [-0.4, -0.2) is 39.2 Å². The summed E-state index contributed by atoms with van der Waals surface area (Å²) in [4.78, 5) is 12.8. The van der Waals surface area contributed by atoms with Crippen LogP contribution in [0.3, 0.4) is 0 Å². The van der Waals surface area contributed by atoms with Crippen LogP contribution in [0, 0.1) is 5.41 Å². The fraction of sp³-hybridized carbons (Fsp3) is 0.562. The number of ketones is 1. The van der Waals surface area contributed by atoms with Gasteiger partial charge in [-0.2, -0.15) is 0 Å². The van der Waals surface area contributed by atoms with E-state index in [4.69, 9.17) is 9.47 Å². The summed E-state index contributed by atoms with van der Waals surface area (Å²) >= 11 is 0. The van der Waals surface area contributed by atoms with E-state index in [0.29, 0.717) is 24.5 Å². The van der Waals surface area contributed by atoms with Crippen molar-refractivity contribution < 1.29 is 14.3 Å². The predicted molar refractivity (Wildman–Crippen MR) is 78.4 cm³/mol. The third-order valence-electron chi connectivity index (χ3n) is 3.82. The quantitative estimate of drug-likeness (QED) is 0.640. The molecule has 4 nitrogen and oxygen atoms in total. The van der Waals surface area contributed by atoms with Gasteiger partial charge in [-0.3, -0.25) is 4.79 Å². The van der Waals surface area contributed by atoms with Crippen molar-refractivity contribution in [3.8, 4) is 5.75 Å². The third-order valence-corrected chi connectivity index (χ3v) is 3.82. The van der Waals surface area contributed by atoms with Crippen LogP contribution in [0.5, 0.6) is 5.75 Å². The van der Waals surface area contributed by atoms with Gasteiger partial charge >= 0.3 is 0 Å². The number of methoxy groups -OCH3 is 1. The van der Waals surface area contributed by atoms with Gasteiger partial charge in [-0.05, 0) is 31.5 Å². The Balaban J connectivity index is 2.16. The molecule has 0 aliphatic carbocycles. The summed E-state index contributed by atoms with van der Waals surface area (Å²) in [6.45, 7) is 4.73. The molecular formula is C16H23NO3. The van der Waals surface area contributed by atoms with Crippen molar-refractivity contribution in [2.24, 2.45) is 5.41 Å². The summed E-state index contributed by atoms with van der Waals surface area (Å²) in [6, 6.07) is 7.48. The van der Waals surface area contributed by atoms with Crippen LogP contribution >= 0.6 is 0 Å². The highest BCUT2D eigenvalue weighted by molar-refractivity contribution is 6.02. The highest BCUT2D eigenvalue weighted by Crippen LogP contribution is 2.33. The third kappa shape index (κ3) is 3.38. The number of hydrogen-bond acceptors (Lipinski definition) is 4. The maximum atomic E-state index is 12.8. The molecule has 0 bridgehead atoms. The van der Waals surface area contributed by atoms with Crippen LogP contribution in [0.15, 0.2) is 24.3 Å². The number of hydrogen-bond donors (Lipinski definition) is 1. The van der Waals surface area contributed by atoms with Crippen LogP contribution in [0.2, 0.25) is 0 Å². The summed E-state index contributed by atoms with van der Waals surface area (Å²) in [5.74, 6) is 0.819. The molecule has 1 aliphatic heterocycles. The Morgan fingerprint density at radius 3 is 2.85 bits per heavy atom. The van der Waals surface area contributed by atoms with Crippen LogP contribution in [-0.2, 0) is 4.74 Å². The van der Waals surface area contributed by atoms with E-state index in [1.807, 2.05) is 31.2 Å². The second-order valence-corrected chi connectivity index (χ2v) is 5.51. The molecule has 1 unspecified atom stereocenters. The Kier molecular flexibility index (Phi) is 5.15. The molecule has 1 heterocycles. The summed E-state index contributed by atoms with van der Waals surface area (Å²) in [6.07, 6.45) is 1.96. The highest BCUT2D eigenvalue weighted by Gasteiger charge is 2.36. The van der Waals surface area contributed by atoms with Crippen LogP contribution in [0.1, 0.15) is 30.1 Å². The van der Waals surface area contributed by atoms with E-state index in [-0.39, 0.29) is 11.2 Å². The van der Waals surface area contributed by atoms with Gasteiger partial charge in [0.15, 0.2) is 5.78 Å². The van der Waals surface area contributed by atoms with Crippen molar-refractivity contribution >= 4 is 5.78 Å². The Morgan fingerprint density at radius 1 is 1.35 bits per heavy atom. The minimum atomic E-state index is -0.334. The zero-order chi connectivity index (χ0) is 14.4. The molecule has 1 fully saturated rings. The minimum absolute atomic E-state index is 0.165. The number of rotatable bonds is 6. The molecule has 1 aliphatic rings. The molecule has 0 spiro atoms. The van der Waals surface area contributed by atoms with Gasteiger partial charge in [-0.15, -0.1) is 0 Å². The van der Waals surface area contributed by atoms with E-state index >= 15 is 0 Å². The number of piperidine rings is 1. The maximum Gasteiger partial charge on any atom is 0.173 e. The fourth-order valence-electron chi connectivity index (χ4n) is 2.59. The number of ether oxygens (including phenoxy) is 2. The van der Waals surface area contributed by atoms with Crippen molar-refractivity contribution in [1.82, 2.24) is 5.32 Å². The van der Waals surface area contributed by atoms with Gasteiger partial charge in [-0.25, -0.2) is 0 Å². The lowest BCUT2D eigenvalue weighted by Crippen LogP contribution is -2.43. The first-order valence-electron chi connectivity index (χ1n) is 7.14. The summed E-state index contributed by atoms with van der Waals surface area (Å²) < 4.78 is 10.6. The van der Waals surface area contributed by atoms with Gasteiger partial charge in [0.1, 0.15) is 12.4 Å². The first-order chi connectivity index (χ1) is 9.67. The first-order valence-corrected chi connectivity index (χ1v) is 7.14. The number of Topliss-reactive ketones (excluding diaryl/α,β-unsaturated/α-hetero) is 1. The molecule has 20 heavy (non-hydrogen) atoms. The average Bonchev–Trinajstić information content (AvgIpc) is 2.48. The van der Waals surface area contributed by atoms with E-state index in [1.54, 1.807) is 7.11 Å². The normalized spacial score (nSPS) is 22.5. The standard InChI is InChI=1S/C16H23NO3/c1-16(8-5-9-17-12-16)15(18)13-6-3-4-7-14(13)20-11-10-19-2/h3-4,6-7,17H,5,8-12H2,1-2H3. The predicted octanol–water partition coefficient (Wildman–Crippen LogP) is 2.28. The summed E-state index contributed by atoms with van der Waals surface area (Å²) in [5, 5.41) is 3.32. The van der Waals surface area contributed by atoms with E-state index in [9.17, 15) is 4.79 Å². The molecular weight excluding hydrogens is 254 g/mol. The summed E-state index contributed by atoms with van der Waals surface area (Å²) in [5.41, 5.74) is 0.341. The molecule has 1 aromatic carbocycles. The molecule has 0 amide bonds. The molecule has 1 atom stereocenters. The van der Waals surface area contributed by atoms with Crippen molar-refractivity contribution in [2.45, 2.75) is 19.8 Å². The van der Waals surface area contributed by atoms with Gasteiger partial charge < -0.3 is 14.8 Å². The molecule has 1 aromatic rings. The molecule has 110 valence electrons. The monoisotopic (exact) mass is 277 g/mol. The Morgan fingerprint density at radius 2 is 2.15 bits per heavy atom. The fourth-order valence-corrected chi connectivity index (χ4v) is 2.59. The van der Waals surface area contributed by atoms with Crippen molar-refractivity contribution in [3.63, 3.8) is 0 Å². The van der Waals surface area contributed by atoms with Gasteiger partial charge in [-0.1, -0.05) is 19.1 Å². The van der Waals surface area contributed by atoms with Gasteiger partial charge in [0.2, 0.25) is 0 Å². The molecule has 0 aromatic heterocycles. The van der Waals surface area contributed by atoms with Crippen molar-refractivity contribution in [1.29, 1.82) is 0 Å². The molecule has 1 saturated heterocycles. The molecule has 2 rings (SSSR count). The topological polar surface area (TPSA) is 47.6 Å². The molecule has 1 N–H and O–H groups in total. The van der Waals surface area contributed by atoms with E-state index in [0.717, 1.165) is 25.9 Å². The number of carbonyl (C=O) groups is 1. The maximum absolute atomic E-state index is 12.8. The molecule has 0 saturated carbocycles. The van der Waals surface area contributed by atoms with Gasteiger partial charge in [0, 0.05) is 19.1 Å². The average molecular weight is 277 g/mol. The number of para-hydroxylation sites is 1.